The molecule has 0 saturated carbocycles. The minimum atomic E-state index is -0.831. The van der Waals surface area contributed by atoms with Crippen LogP contribution in [-0.2, 0) is 25.0 Å². The van der Waals surface area contributed by atoms with Gasteiger partial charge in [0.05, 0.1) is 12.9 Å². The van der Waals surface area contributed by atoms with E-state index in [9.17, 15) is 19.7 Å². The summed E-state index contributed by atoms with van der Waals surface area (Å²) < 4.78 is 4.15. The van der Waals surface area contributed by atoms with Gasteiger partial charge in [-0.1, -0.05) is 0 Å². The average molecular weight is 311 g/mol. The van der Waals surface area contributed by atoms with E-state index in [1.54, 1.807) is 11.5 Å². The number of fused-ring (bicyclic) bond motifs is 1. The summed E-state index contributed by atoms with van der Waals surface area (Å²) in [4.78, 5) is 42.7. The van der Waals surface area contributed by atoms with Gasteiger partial charge in [0.25, 0.3) is 10.6 Å². The average Bonchev–Trinajstić information content (AvgIpc) is 2.89. The van der Waals surface area contributed by atoms with Gasteiger partial charge in [-0.25, -0.2) is 9.78 Å². The van der Waals surface area contributed by atoms with Crippen molar-refractivity contribution >= 4 is 11.2 Å². The normalized spacial score (nSPS) is 11.0. The number of imidazole rings is 1. The van der Waals surface area contributed by atoms with Crippen LogP contribution in [0.1, 0.15) is 19.8 Å². The molecule has 0 amide bonds. The molecule has 0 aliphatic heterocycles. The molecule has 10 heteroatoms. The number of hydrogen-bond acceptors (Lipinski definition) is 6. The molecule has 0 N–H and O–H groups in total. The standard InChI is InChI=1S/C12H17N5O5/c1-3-16-10-9(11(18)14(2)12(16)19)15(8-13-10)6-4-5-7-22-17(20)21/h8H,3-7H2,1-2H3. The second-order valence-electron chi connectivity index (χ2n) is 4.77. The third-order valence-electron chi connectivity index (χ3n) is 3.41. The van der Waals surface area contributed by atoms with E-state index in [1.165, 1.54) is 17.9 Å². The lowest BCUT2D eigenvalue weighted by molar-refractivity contribution is -0.757. The minimum absolute atomic E-state index is 0.0112. The van der Waals surface area contributed by atoms with E-state index in [1.807, 2.05) is 0 Å². The molecule has 10 nitrogen and oxygen atoms in total. The molecule has 2 heterocycles. The van der Waals surface area contributed by atoms with Crippen molar-refractivity contribution in [3.63, 3.8) is 0 Å². The van der Waals surface area contributed by atoms with Gasteiger partial charge in [0.1, 0.15) is 0 Å². The molecule has 0 fully saturated rings. The Morgan fingerprint density at radius 1 is 1.36 bits per heavy atom. The highest BCUT2D eigenvalue weighted by atomic mass is 16.9. The summed E-state index contributed by atoms with van der Waals surface area (Å²) >= 11 is 0. The Balaban J connectivity index is 2.26. The molecule has 0 atom stereocenters. The highest BCUT2D eigenvalue weighted by molar-refractivity contribution is 5.70. The van der Waals surface area contributed by atoms with Crippen molar-refractivity contribution in [2.24, 2.45) is 7.05 Å². The number of nitrogens with zero attached hydrogens (tertiary/aromatic N) is 5. The predicted molar refractivity (Wildman–Crippen MR) is 77.1 cm³/mol. The first-order chi connectivity index (χ1) is 10.5. The fourth-order valence-electron chi connectivity index (χ4n) is 2.28. The van der Waals surface area contributed by atoms with Crippen LogP contribution >= 0.6 is 0 Å². The van der Waals surface area contributed by atoms with Gasteiger partial charge in [0, 0.05) is 20.1 Å². The van der Waals surface area contributed by atoms with Crippen LogP contribution in [0.3, 0.4) is 0 Å². The summed E-state index contributed by atoms with van der Waals surface area (Å²) in [5.41, 5.74) is -0.0790. The molecule has 120 valence electrons. The highest BCUT2D eigenvalue weighted by Crippen LogP contribution is 2.08. The van der Waals surface area contributed by atoms with Gasteiger partial charge in [0.2, 0.25) is 0 Å². The Bertz CT molecular complexity index is 803. The van der Waals surface area contributed by atoms with E-state index >= 15 is 0 Å². The number of unbranched alkanes of at least 4 members (excludes halogenated alkanes) is 1. The second-order valence-corrected chi connectivity index (χ2v) is 4.77. The van der Waals surface area contributed by atoms with Crippen LogP contribution in [0.15, 0.2) is 15.9 Å². The maximum atomic E-state index is 12.3. The quantitative estimate of drug-likeness (QED) is 0.401. The van der Waals surface area contributed by atoms with Crippen molar-refractivity contribution in [2.45, 2.75) is 32.9 Å². The molecule has 0 spiro atoms. The lowest BCUT2D eigenvalue weighted by Gasteiger charge is -2.08. The SMILES string of the molecule is CCn1c(=O)n(C)c(=O)c2c1ncn2CCCCO[N+](=O)[O-]. The zero-order valence-electron chi connectivity index (χ0n) is 12.4. The van der Waals surface area contributed by atoms with Crippen molar-refractivity contribution in [1.29, 1.82) is 0 Å². The van der Waals surface area contributed by atoms with Gasteiger partial charge < -0.3 is 9.40 Å². The first-order valence-corrected chi connectivity index (χ1v) is 6.89. The lowest BCUT2D eigenvalue weighted by Crippen LogP contribution is -2.38. The Hall–Kier alpha value is -2.65. The topological polar surface area (TPSA) is 114 Å². The number of aryl methyl sites for hydroxylation is 2. The van der Waals surface area contributed by atoms with Gasteiger partial charge in [-0.15, -0.1) is 10.1 Å². The van der Waals surface area contributed by atoms with Gasteiger partial charge >= 0.3 is 5.69 Å². The Morgan fingerprint density at radius 3 is 2.73 bits per heavy atom. The molecular formula is C12H17N5O5. The first kappa shape index (κ1) is 15.7. The van der Waals surface area contributed by atoms with Crippen molar-refractivity contribution in [3.8, 4) is 0 Å². The van der Waals surface area contributed by atoms with Crippen molar-refractivity contribution in [1.82, 2.24) is 18.7 Å². The molecule has 0 unspecified atom stereocenters. The van der Waals surface area contributed by atoms with Crippen LogP contribution in [0.4, 0.5) is 0 Å². The molecule has 0 aliphatic carbocycles. The highest BCUT2D eigenvalue weighted by Gasteiger charge is 2.15. The van der Waals surface area contributed by atoms with Gasteiger partial charge in [-0.05, 0) is 19.8 Å². The summed E-state index contributed by atoms with van der Waals surface area (Å²) in [5, 5.41) is 9.21. The molecule has 22 heavy (non-hydrogen) atoms. The van der Waals surface area contributed by atoms with Crippen LogP contribution in [0.25, 0.3) is 11.2 Å². The molecule has 2 rings (SSSR count). The van der Waals surface area contributed by atoms with E-state index in [2.05, 4.69) is 9.82 Å². The van der Waals surface area contributed by atoms with Crippen LogP contribution in [0.2, 0.25) is 0 Å². The molecule has 0 radical (unpaired) electrons. The van der Waals surface area contributed by atoms with Gasteiger partial charge in [0.15, 0.2) is 11.2 Å². The maximum absolute atomic E-state index is 12.3. The Morgan fingerprint density at radius 2 is 2.09 bits per heavy atom. The predicted octanol–water partition coefficient (Wildman–Crippen LogP) is -0.0949. The summed E-state index contributed by atoms with van der Waals surface area (Å²) in [6, 6.07) is 0. The van der Waals surface area contributed by atoms with Crippen LogP contribution < -0.4 is 11.2 Å². The molecular weight excluding hydrogens is 294 g/mol. The summed E-state index contributed by atoms with van der Waals surface area (Å²) in [6.45, 7) is 2.70. The zero-order chi connectivity index (χ0) is 16.3. The summed E-state index contributed by atoms with van der Waals surface area (Å²) in [7, 11) is 1.43. The Kier molecular flexibility index (Phi) is 4.59. The molecule has 0 aliphatic rings. The van der Waals surface area contributed by atoms with E-state index in [0.717, 1.165) is 4.57 Å². The van der Waals surface area contributed by atoms with E-state index < -0.39 is 16.3 Å². The molecule has 0 bridgehead atoms. The lowest BCUT2D eigenvalue weighted by atomic mass is 10.3. The van der Waals surface area contributed by atoms with Crippen molar-refractivity contribution < 1.29 is 9.92 Å². The number of hydrogen-bond donors (Lipinski definition) is 0. The molecule has 2 aromatic heterocycles. The van der Waals surface area contributed by atoms with Crippen LogP contribution in [0.5, 0.6) is 0 Å². The van der Waals surface area contributed by atoms with Crippen molar-refractivity contribution in [3.05, 3.63) is 37.3 Å². The summed E-state index contributed by atoms with van der Waals surface area (Å²) in [5.74, 6) is 0. The maximum Gasteiger partial charge on any atom is 0.332 e. The van der Waals surface area contributed by atoms with Crippen LogP contribution in [-0.4, -0.2) is 30.4 Å². The van der Waals surface area contributed by atoms with Gasteiger partial charge in [-0.2, -0.15) is 0 Å². The number of rotatable bonds is 7. The second kappa shape index (κ2) is 6.41. The fraction of sp³-hybridized carbons (Fsp3) is 0.583. The fourth-order valence-corrected chi connectivity index (χ4v) is 2.28. The van der Waals surface area contributed by atoms with Crippen LogP contribution in [0, 0.1) is 10.1 Å². The third-order valence-corrected chi connectivity index (χ3v) is 3.41. The smallest absolute Gasteiger partial charge is 0.325 e. The Labute approximate surface area is 124 Å². The van der Waals surface area contributed by atoms with E-state index in [4.69, 9.17) is 0 Å². The minimum Gasteiger partial charge on any atom is -0.325 e. The molecule has 0 saturated heterocycles. The summed E-state index contributed by atoms with van der Waals surface area (Å²) in [6.07, 6.45) is 2.58. The van der Waals surface area contributed by atoms with E-state index in [0.29, 0.717) is 37.1 Å². The van der Waals surface area contributed by atoms with E-state index in [-0.39, 0.29) is 6.61 Å². The third kappa shape index (κ3) is 2.85. The first-order valence-electron chi connectivity index (χ1n) is 6.89. The molecule has 2 aromatic rings. The monoisotopic (exact) mass is 311 g/mol. The van der Waals surface area contributed by atoms with Crippen molar-refractivity contribution in [2.75, 3.05) is 6.61 Å². The molecule has 0 aromatic carbocycles. The van der Waals surface area contributed by atoms with Gasteiger partial charge in [-0.3, -0.25) is 13.9 Å². The zero-order valence-corrected chi connectivity index (χ0v) is 12.4. The number of aromatic nitrogens is 4. The largest absolute Gasteiger partial charge is 0.332 e.